The van der Waals surface area contributed by atoms with Crippen molar-refractivity contribution in [2.24, 2.45) is 5.92 Å². The van der Waals surface area contributed by atoms with Gasteiger partial charge < -0.3 is 9.64 Å². The first-order valence-corrected chi connectivity index (χ1v) is 7.90. The molecule has 0 radical (unpaired) electrons. The molecule has 1 aliphatic rings. The van der Waals surface area contributed by atoms with Gasteiger partial charge in [0.05, 0.1) is 12.3 Å². The number of esters is 1. The highest BCUT2D eigenvalue weighted by atomic mass is 16.6. The summed E-state index contributed by atoms with van der Waals surface area (Å²) in [4.78, 5) is 26.1. The highest BCUT2D eigenvalue weighted by molar-refractivity contribution is 5.85. The Labute approximate surface area is 132 Å². The van der Waals surface area contributed by atoms with Gasteiger partial charge in [0, 0.05) is 13.1 Å². The lowest BCUT2D eigenvalue weighted by Crippen LogP contribution is -2.31. The Morgan fingerprint density at radius 1 is 1.27 bits per heavy atom. The summed E-state index contributed by atoms with van der Waals surface area (Å²) in [6.07, 6.45) is 1.79. The lowest BCUT2D eigenvalue weighted by molar-refractivity contribution is -0.157. The number of carbonyl (C=O) groups excluding carboxylic acids is 2. The van der Waals surface area contributed by atoms with Gasteiger partial charge in [0.2, 0.25) is 5.91 Å². The van der Waals surface area contributed by atoms with E-state index in [1.54, 1.807) is 0 Å². The molecule has 1 heterocycles. The quantitative estimate of drug-likeness (QED) is 0.786. The number of likely N-dealkylation sites (tertiary alicyclic amines) is 1. The summed E-state index contributed by atoms with van der Waals surface area (Å²) in [5.41, 5.74) is 0.733. The van der Waals surface area contributed by atoms with Crippen LogP contribution in [0.3, 0.4) is 0 Å². The zero-order valence-corrected chi connectivity index (χ0v) is 13.7. The van der Waals surface area contributed by atoms with Crippen molar-refractivity contribution in [2.75, 3.05) is 13.1 Å². The minimum Gasteiger partial charge on any atom is -0.460 e. The molecule has 4 nitrogen and oxygen atoms in total. The van der Waals surface area contributed by atoms with E-state index in [0.717, 1.165) is 19.4 Å². The predicted molar refractivity (Wildman–Crippen MR) is 85.3 cm³/mol. The van der Waals surface area contributed by atoms with Crippen molar-refractivity contribution < 1.29 is 14.3 Å². The van der Waals surface area contributed by atoms with Crippen LogP contribution in [0.15, 0.2) is 30.3 Å². The second-order valence-electron chi connectivity index (χ2n) is 6.84. The molecule has 2 rings (SSSR count). The smallest absolute Gasteiger partial charge is 0.307 e. The predicted octanol–water partition coefficient (Wildman–Crippen LogP) is 2.81. The molecule has 22 heavy (non-hydrogen) atoms. The fraction of sp³-hybridized carbons (Fsp3) is 0.556. The molecule has 1 aliphatic heterocycles. The third-order valence-corrected chi connectivity index (χ3v) is 3.75. The molecule has 1 aromatic carbocycles. The number of benzene rings is 1. The SMILES string of the molecule is CC(C)(C)OC(=O)CC1CCN(CCc2ccccc2)C1=O. The third kappa shape index (κ3) is 4.86. The highest BCUT2D eigenvalue weighted by Crippen LogP contribution is 2.23. The molecule has 0 aromatic heterocycles. The number of amides is 1. The van der Waals surface area contributed by atoms with Crippen LogP contribution in [0.4, 0.5) is 0 Å². The first-order valence-electron chi connectivity index (χ1n) is 7.90. The van der Waals surface area contributed by atoms with E-state index < -0.39 is 5.60 Å². The second kappa shape index (κ2) is 6.95. The van der Waals surface area contributed by atoms with Gasteiger partial charge in [0.1, 0.15) is 5.60 Å². The van der Waals surface area contributed by atoms with Crippen molar-refractivity contribution >= 4 is 11.9 Å². The molecule has 1 fully saturated rings. The Bertz CT molecular complexity index is 519. The van der Waals surface area contributed by atoms with Gasteiger partial charge in [-0.2, -0.15) is 0 Å². The molecule has 1 unspecified atom stereocenters. The van der Waals surface area contributed by atoms with Gasteiger partial charge in [0.15, 0.2) is 0 Å². The van der Waals surface area contributed by atoms with E-state index in [9.17, 15) is 9.59 Å². The van der Waals surface area contributed by atoms with Crippen molar-refractivity contribution in [2.45, 2.75) is 45.6 Å². The lowest BCUT2D eigenvalue weighted by atomic mass is 10.0. The van der Waals surface area contributed by atoms with Crippen LogP contribution in [-0.2, 0) is 20.7 Å². The van der Waals surface area contributed by atoms with Crippen LogP contribution in [0.2, 0.25) is 0 Å². The maximum atomic E-state index is 12.3. The summed E-state index contributed by atoms with van der Waals surface area (Å²) >= 11 is 0. The first-order chi connectivity index (χ1) is 10.3. The topological polar surface area (TPSA) is 46.6 Å². The minimum absolute atomic E-state index is 0.0850. The van der Waals surface area contributed by atoms with Gasteiger partial charge in [-0.15, -0.1) is 0 Å². The fourth-order valence-corrected chi connectivity index (χ4v) is 2.71. The molecule has 1 aromatic rings. The monoisotopic (exact) mass is 303 g/mol. The van der Waals surface area contributed by atoms with Crippen molar-refractivity contribution in [1.82, 2.24) is 4.90 Å². The maximum absolute atomic E-state index is 12.3. The number of hydrogen-bond donors (Lipinski definition) is 0. The molecule has 4 heteroatoms. The van der Waals surface area contributed by atoms with Crippen LogP contribution in [-0.4, -0.2) is 35.5 Å². The van der Waals surface area contributed by atoms with Crippen LogP contribution >= 0.6 is 0 Å². The Morgan fingerprint density at radius 2 is 1.95 bits per heavy atom. The van der Waals surface area contributed by atoms with Crippen LogP contribution < -0.4 is 0 Å². The van der Waals surface area contributed by atoms with Gasteiger partial charge >= 0.3 is 5.97 Å². The summed E-state index contributed by atoms with van der Waals surface area (Å²) in [5, 5.41) is 0. The van der Waals surface area contributed by atoms with E-state index in [1.165, 1.54) is 5.56 Å². The first kappa shape index (κ1) is 16.5. The number of nitrogens with zero attached hydrogens (tertiary/aromatic N) is 1. The molecule has 1 amide bonds. The molecule has 0 saturated carbocycles. The van der Waals surface area contributed by atoms with Gasteiger partial charge in [-0.3, -0.25) is 9.59 Å². The molecular formula is C18H25NO3. The van der Waals surface area contributed by atoms with Crippen molar-refractivity contribution in [3.63, 3.8) is 0 Å². The van der Waals surface area contributed by atoms with Gasteiger partial charge in [0.25, 0.3) is 0 Å². The summed E-state index contributed by atoms with van der Waals surface area (Å²) < 4.78 is 5.30. The minimum atomic E-state index is -0.494. The Hall–Kier alpha value is -1.84. The van der Waals surface area contributed by atoms with E-state index in [-0.39, 0.29) is 24.2 Å². The Kier molecular flexibility index (Phi) is 5.22. The van der Waals surface area contributed by atoms with Crippen LogP contribution in [0.5, 0.6) is 0 Å². The summed E-state index contributed by atoms with van der Waals surface area (Å²) in [5.74, 6) is -0.414. The molecule has 0 aliphatic carbocycles. The number of ether oxygens (including phenoxy) is 1. The average molecular weight is 303 g/mol. The number of carbonyl (C=O) groups is 2. The molecular weight excluding hydrogens is 278 g/mol. The zero-order chi connectivity index (χ0) is 16.2. The summed E-state index contributed by atoms with van der Waals surface area (Å²) in [6.45, 7) is 6.97. The third-order valence-electron chi connectivity index (χ3n) is 3.75. The average Bonchev–Trinajstić information content (AvgIpc) is 2.77. The van der Waals surface area contributed by atoms with E-state index in [4.69, 9.17) is 4.74 Å². The standard InChI is InChI=1S/C18H25NO3/c1-18(2,3)22-16(20)13-15-10-12-19(17(15)21)11-9-14-7-5-4-6-8-14/h4-8,15H,9-13H2,1-3H3. The van der Waals surface area contributed by atoms with E-state index >= 15 is 0 Å². The van der Waals surface area contributed by atoms with E-state index in [0.29, 0.717) is 6.54 Å². The molecule has 0 spiro atoms. The molecule has 120 valence electrons. The number of rotatable bonds is 5. The normalized spacial score (nSPS) is 18.6. The largest absolute Gasteiger partial charge is 0.460 e. The molecule has 0 N–H and O–H groups in total. The Balaban J connectivity index is 1.81. The molecule has 0 bridgehead atoms. The van der Waals surface area contributed by atoms with Crippen molar-refractivity contribution in [3.05, 3.63) is 35.9 Å². The lowest BCUT2D eigenvalue weighted by Gasteiger charge is -2.21. The Morgan fingerprint density at radius 3 is 2.59 bits per heavy atom. The maximum Gasteiger partial charge on any atom is 0.307 e. The van der Waals surface area contributed by atoms with Gasteiger partial charge in [-0.25, -0.2) is 0 Å². The van der Waals surface area contributed by atoms with Crippen LogP contribution in [0.1, 0.15) is 39.2 Å². The van der Waals surface area contributed by atoms with E-state index in [1.807, 2.05) is 43.9 Å². The molecule has 1 saturated heterocycles. The van der Waals surface area contributed by atoms with Crippen LogP contribution in [0, 0.1) is 5.92 Å². The summed E-state index contributed by atoms with van der Waals surface area (Å²) in [6, 6.07) is 10.1. The fourth-order valence-electron chi connectivity index (χ4n) is 2.71. The van der Waals surface area contributed by atoms with Crippen molar-refractivity contribution in [1.29, 1.82) is 0 Å². The molecule has 1 atom stereocenters. The van der Waals surface area contributed by atoms with Crippen molar-refractivity contribution in [3.8, 4) is 0 Å². The zero-order valence-electron chi connectivity index (χ0n) is 13.7. The highest BCUT2D eigenvalue weighted by Gasteiger charge is 2.33. The number of hydrogen-bond acceptors (Lipinski definition) is 3. The van der Waals surface area contributed by atoms with Crippen LogP contribution in [0.25, 0.3) is 0 Å². The second-order valence-corrected chi connectivity index (χ2v) is 6.84. The van der Waals surface area contributed by atoms with Gasteiger partial charge in [-0.1, -0.05) is 30.3 Å². The van der Waals surface area contributed by atoms with Gasteiger partial charge in [-0.05, 0) is 39.2 Å². The summed E-state index contributed by atoms with van der Waals surface area (Å²) in [7, 11) is 0. The van der Waals surface area contributed by atoms with E-state index in [2.05, 4.69) is 12.1 Å².